The molecule has 0 heterocycles. The van der Waals surface area contributed by atoms with Crippen LogP contribution in [0.15, 0.2) is 0 Å². The van der Waals surface area contributed by atoms with Gasteiger partial charge in [0, 0.05) is 17.6 Å². The summed E-state index contributed by atoms with van der Waals surface area (Å²) in [6.07, 6.45) is 0.863. The van der Waals surface area contributed by atoms with E-state index < -0.39 is 0 Å². The molecule has 10 heavy (non-hydrogen) atoms. The third kappa shape index (κ3) is 5.23. The summed E-state index contributed by atoms with van der Waals surface area (Å²) in [5.74, 6) is -0.217. The number of ether oxygens (including phenoxy) is 1. The maximum Gasteiger partial charge on any atom is 0.302 e. The summed E-state index contributed by atoms with van der Waals surface area (Å²) in [5.41, 5.74) is 0. The average Bonchev–Trinajstić information content (AvgIpc) is 1.86. The highest BCUT2D eigenvalue weighted by molar-refractivity contribution is 9.09. The van der Waals surface area contributed by atoms with E-state index in [4.69, 9.17) is 4.74 Å². The Balaban J connectivity index is 3.49. The van der Waals surface area contributed by atoms with E-state index in [0.29, 0.717) is 5.33 Å². The first-order valence-corrected chi connectivity index (χ1v) is 5.24. The first kappa shape index (κ1) is 10.4. The van der Waals surface area contributed by atoms with Gasteiger partial charge in [0.05, 0.1) is 0 Å². The third-order valence-corrected chi connectivity index (χ3v) is 2.12. The Labute approximate surface area is 77.6 Å². The van der Waals surface area contributed by atoms with Crippen molar-refractivity contribution in [1.82, 2.24) is 0 Å². The van der Waals surface area contributed by atoms with Gasteiger partial charge in [0.1, 0.15) is 6.10 Å². The van der Waals surface area contributed by atoms with E-state index in [0.717, 1.165) is 11.8 Å². The van der Waals surface area contributed by atoms with Crippen molar-refractivity contribution in [3.8, 4) is 0 Å². The van der Waals surface area contributed by atoms with Crippen LogP contribution >= 0.6 is 31.9 Å². The molecule has 60 valence electrons. The molecule has 4 heteroatoms. The average molecular weight is 274 g/mol. The number of alkyl halides is 2. The molecule has 0 aliphatic rings. The summed E-state index contributed by atoms with van der Waals surface area (Å²) in [6, 6.07) is 0. The molecule has 1 unspecified atom stereocenters. The van der Waals surface area contributed by atoms with Crippen LogP contribution in [0.3, 0.4) is 0 Å². The van der Waals surface area contributed by atoms with E-state index in [2.05, 4.69) is 31.9 Å². The van der Waals surface area contributed by atoms with Gasteiger partial charge in [-0.25, -0.2) is 0 Å². The molecule has 0 aromatic heterocycles. The maximum atomic E-state index is 10.4. The first-order valence-electron chi connectivity index (χ1n) is 2.99. The molecule has 0 radical (unpaired) electrons. The number of carbonyl (C=O) groups is 1. The second-order valence-electron chi connectivity index (χ2n) is 1.86. The van der Waals surface area contributed by atoms with Crippen molar-refractivity contribution in [2.45, 2.75) is 19.4 Å². The monoisotopic (exact) mass is 272 g/mol. The molecular weight excluding hydrogens is 264 g/mol. The van der Waals surface area contributed by atoms with E-state index in [1.807, 2.05) is 0 Å². The van der Waals surface area contributed by atoms with Gasteiger partial charge < -0.3 is 4.74 Å². The van der Waals surface area contributed by atoms with Gasteiger partial charge in [-0.1, -0.05) is 31.9 Å². The zero-order valence-electron chi connectivity index (χ0n) is 5.77. The molecule has 0 bridgehead atoms. The summed E-state index contributed by atoms with van der Waals surface area (Å²) in [7, 11) is 0. The van der Waals surface area contributed by atoms with Crippen LogP contribution in [0.4, 0.5) is 0 Å². The molecular formula is C6H10Br2O2. The first-order chi connectivity index (χ1) is 4.70. The van der Waals surface area contributed by atoms with Crippen molar-refractivity contribution in [2.75, 3.05) is 10.7 Å². The number of halogens is 2. The third-order valence-electron chi connectivity index (χ3n) is 0.936. The van der Waals surface area contributed by atoms with Gasteiger partial charge in [-0.05, 0) is 6.42 Å². The summed E-state index contributed by atoms with van der Waals surface area (Å²) in [4.78, 5) is 10.4. The smallest absolute Gasteiger partial charge is 0.302 e. The van der Waals surface area contributed by atoms with Gasteiger partial charge in [-0.3, -0.25) is 4.79 Å². The van der Waals surface area contributed by atoms with Crippen molar-refractivity contribution in [3.05, 3.63) is 0 Å². The minimum Gasteiger partial charge on any atom is -0.462 e. The SMILES string of the molecule is CC(=O)OC(CBr)CCBr. The van der Waals surface area contributed by atoms with Crippen LogP contribution in [-0.2, 0) is 9.53 Å². The van der Waals surface area contributed by atoms with Crippen LogP contribution in [0.25, 0.3) is 0 Å². The zero-order valence-corrected chi connectivity index (χ0v) is 8.94. The molecule has 2 nitrogen and oxygen atoms in total. The second-order valence-corrected chi connectivity index (χ2v) is 3.30. The van der Waals surface area contributed by atoms with Crippen LogP contribution in [0.5, 0.6) is 0 Å². The second kappa shape index (κ2) is 6.16. The molecule has 0 saturated heterocycles. The Bertz CT molecular complexity index is 106. The van der Waals surface area contributed by atoms with Crippen LogP contribution in [0.2, 0.25) is 0 Å². The van der Waals surface area contributed by atoms with Crippen molar-refractivity contribution in [1.29, 1.82) is 0 Å². The molecule has 0 aromatic carbocycles. The fourth-order valence-electron chi connectivity index (χ4n) is 0.524. The molecule has 0 aromatic rings. The Kier molecular flexibility index (Phi) is 6.43. The fraction of sp³-hybridized carbons (Fsp3) is 0.833. The van der Waals surface area contributed by atoms with Gasteiger partial charge in [-0.2, -0.15) is 0 Å². The molecule has 0 aliphatic carbocycles. The van der Waals surface area contributed by atoms with E-state index in [1.165, 1.54) is 6.92 Å². The summed E-state index contributed by atoms with van der Waals surface area (Å²) in [5, 5.41) is 1.56. The number of hydrogen-bond donors (Lipinski definition) is 0. The van der Waals surface area contributed by atoms with Crippen LogP contribution in [0, 0.1) is 0 Å². The topological polar surface area (TPSA) is 26.3 Å². The van der Waals surface area contributed by atoms with Crippen molar-refractivity contribution in [3.63, 3.8) is 0 Å². The molecule has 0 rings (SSSR count). The van der Waals surface area contributed by atoms with Gasteiger partial charge in [-0.15, -0.1) is 0 Å². The molecule has 0 spiro atoms. The minimum absolute atomic E-state index is 0.0110. The summed E-state index contributed by atoms with van der Waals surface area (Å²) >= 11 is 6.52. The predicted molar refractivity (Wildman–Crippen MR) is 47.8 cm³/mol. The number of hydrogen-bond acceptors (Lipinski definition) is 2. The van der Waals surface area contributed by atoms with Crippen molar-refractivity contribution < 1.29 is 9.53 Å². The number of carbonyl (C=O) groups excluding carboxylic acids is 1. The van der Waals surface area contributed by atoms with Crippen molar-refractivity contribution >= 4 is 37.8 Å². The Morgan fingerprint density at radius 3 is 2.50 bits per heavy atom. The van der Waals surface area contributed by atoms with Gasteiger partial charge in [0.15, 0.2) is 0 Å². The molecule has 0 saturated carbocycles. The van der Waals surface area contributed by atoms with E-state index in [9.17, 15) is 4.79 Å². The van der Waals surface area contributed by atoms with Crippen LogP contribution in [-0.4, -0.2) is 22.7 Å². The van der Waals surface area contributed by atoms with Gasteiger partial charge >= 0.3 is 5.97 Å². The Hall–Kier alpha value is 0.430. The number of esters is 1. The minimum atomic E-state index is -0.217. The molecule has 0 amide bonds. The highest BCUT2D eigenvalue weighted by Gasteiger charge is 2.07. The molecule has 0 N–H and O–H groups in total. The largest absolute Gasteiger partial charge is 0.462 e. The highest BCUT2D eigenvalue weighted by Crippen LogP contribution is 2.04. The van der Waals surface area contributed by atoms with Crippen LogP contribution in [0.1, 0.15) is 13.3 Å². The maximum absolute atomic E-state index is 10.4. The van der Waals surface area contributed by atoms with Gasteiger partial charge in [0.2, 0.25) is 0 Å². The fourth-order valence-corrected chi connectivity index (χ4v) is 1.49. The lowest BCUT2D eigenvalue weighted by Crippen LogP contribution is -2.17. The molecule has 0 fully saturated rings. The lowest BCUT2D eigenvalue weighted by Gasteiger charge is -2.11. The lowest BCUT2D eigenvalue weighted by atomic mass is 10.3. The van der Waals surface area contributed by atoms with E-state index in [1.54, 1.807) is 0 Å². The molecule has 1 atom stereocenters. The van der Waals surface area contributed by atoms with E-state index in [-0.39, 0.29) is 12.1 Å². The van der Waals surface area contributed by atoms with E-state index >= 15 is 0 Å². The van der Waals surface area contributed by atoms with Gasteiger partial charge in [0.25, 0.3) is 0 Å². The zero-order chi connectivity index (χ0) is 7.98. The lowest BCUT2D eigenvalue weighted by molar-refractivity contribution is -0.145. The van der Waals surface area contributed by atoms with Crippen LogP contribution < -0.4 is 0 Å². The predicted octanol–water partition coefficient (Wildman–Crippen LogP) is 2.10. The standard InChI is InChI=1S/C6H10Br2O2/c1-5(9)10-6(4-8)2-3-7/h6H,2-4H2,1H3. The Morgan fingerprint density at radius 2 is 2.20 bits per heavy atom. The quantitative estimate of drug-likeness (QED) is 0.579. The Morgan fingerprint density at radius 1 is 1.60 bits per heavy atom. The highest BCUT2D eigenvalue weighted by atomic mass is 79.9. The van der Waals surface area contributed by atoms with Crippen molar-refractivity contribution in [2.24, 2.45) is 0 Å². The molecule has 0 aliphatic heterocycles. The number of rotatable bonds is 4. The normalized spacial score (nSPS) is 12.7. The summed E-state index contributed by atoms with van der Waals surface area (Å²) < 4.78 is 4.92. The summed E-state index contributed by atoms with van der Waals surface area (Å²) in [6.45, 7) is 1.42.